The Kier molecular flexibility index (Phi) is 6.60. The third-order valence-corrected chi connectivity index (χ3v) is 5.53. The molecule has 1 aromatic carbocycles. The summed E-state index contributed by atoms with van der Waals surface area (Å²) in [7, 11) is 0. The topological polar surface area (TPSA) is 106 Å². The highest BCUT2D eigenvalue weighted by Gasteiger charge is 2.22. The van der Waals surface area contributed by atoms with Gasteiger partial charge in [0.25, 0.3) is 0 Å². The molecule has 1 amide bonds. The van der Waals surface area contributed by atoms with Gasteiger partial charge in [0.05, 0.1) is 5.56 Å². The van der Waals surface area contributed by atoms with Crippen molar-refractivity contribution in [2.75, 3.05) is 30.7 Å². The van der Waals surface area contributed by atoms with Crippen LogP contribution in [0.25, 0.3) is 11.1 Å². The minimum Gasteiger partial charge on any atom is -0.439 e. The van der Waals surface area contributed by atoms with E-state index in [1.54, 1.807) is 12.3 Å². The molecule has 4 rings (SSSR count). The number of nitrogen functional groups attached to an aromatic ring is 1. The van der Waals surface area contributed by atoms with E-state index in [1.807, 2.05) is 41.3 Å². The summed E-state index contributed by atoms with van der Waals surface area (Å²) in [6.07, 6.45) is 6.38. The number of hydrogen-bond acceptors (Lipinski definition) is 7. The monoisotopic (exact) mass is 430 g/mol. The molecule has 0 radical (unpaired) electrons. The average Bonchev–Trinajstić information content (AvgIpc) is 2.84. The summed E-state index contributed by atoms with van der Waals surface area (Å²) in [5.74, 6) is 2.69. The predicted octanol–water partition coefficient (Wildman–Crippen LogP) is 3.75. The summed E-state index contributed by atoms with van der Waals surface area (Å²) in [6.45, 7) is 5.78. The Bertz CT molecular complexity index is 1060. The average molecular weight is 431 g/mol. The predicted molar refractivity (Wildman–Crippen MR) is 124 cm³/mol. The number of ether oxygens (including phenoxy) is 1. The van der Waals surface area contributed by atoms with Crippen LogP contribution in [0, 0.1) is 5.92 Å². The number of benzene rings is 1. The number of aromatic nitrogens is 3. The van der Waals surface area contributed by atoms with Crippen molar-refractivity contribution in [1.82, 2.24) is 19.9 Å². The van der Waals surface area contributed by atoms with Crippen molar-refractivity contribution in [3.63, 3.8) is 0 Å². The van der Waals surface area contributed by atoms with E-state index < -0.39 is 0 Å². The maximum atomic E-state index is 11.8. The highest BCUT2D eigenvalue weighted by Crippen LogP contribution is 2.32. The molecule has 0 saturated carbocycles. The Morgan fingerprint density at radius 2 is 1.94 bits per heavy atom. The van der Waals surface area contributed by atoms with Crippen LogP contribution in [-0.4, -0.2) is 45.4 Å². The van der Waals surface area contributed by atoms with Crippen LogP contribution in [-0.2, 0) is 4.79 Å². The Balaban J connectivity index is 1.43. The van der Waals surface area contributed by atoms with Gasteiger partial charge in [-0.25, -0.2) is 15.0 Å². The van der Waals surface area contributed by atoms with Crippen molar-refractivity contribution in [3.05, 3.63) is 67.6 Å². The Morgan fingerprint density at radius 3 is 2.62 bits per heavy atom. The van der Waals surface area contributed by atoms with Crippen LogP contribution in [0.15, 0.2) is 67.6 Å². The summed E-state index contributed by atoms with van der Waals surface area (Å²) in [5, 5.41) is 3.42. The van der Waals surface area contributed by atoms with Gasteiger partial charge < -0.3 is 20.7 Å². The Hall–Kier alpha value is -3.94. The molecule has 1 saturated heterocycles. The van der Waals surface area contributed by atoms with Crippen LogP contribution in [0.3, 0.4) is 0 Å². The van der Waals surface area contributed by atoms with Crippen molar-refractivity contribution in [2.24, 2.45) is 5.92 Å². The van der Waals surface area contributed by atoms with Crippen molar-refractivity contribution < 1.29 is 9.53 Å². The van der Waals surface area contributed by atoms with E-state index in [2.05, 4.69) is 26.8 Å². The van der Waals surface area contributed by atoms with Crippen LogP contribution in [0.1, 0.15) is 12.8 Å². The van der Waals surface area contributed by atoms with Gasteiger partial charge in [-0.3, -0.25) is 4.79 Å². The fraction of sp³-hybridized carbons (Fsp3) is 0.250. The summed E-state index contributed by atoms with van der Waals surface area (Å²) in [5.41, 5.74) is 7.70. The Labute approximate surface area is 187 Å². The molecule has 164 valence electrons. The van der Waals surface area contributed by atoms with Gasteiger partial charge in [-0.1, -0.05) is 24.8 Å². The zero-order valence-corrected chi connectivity index (χ0v) is 17.8. The van der Waals surface area contributed by atoms with Gasteiger partial charge in [-0.2, -0.15) is 0 Å². The first kappa shape index (κ1) is 21.3. The number of carbonyl (C=O) groups excluding carboxylic acids is 1. The molecule has 1 fully saturated rings. The number of para-hydroxylation sites is 1. The van der Waals surface area contributed by atoms with E-state index in [-0.39, 0.29) is 5.91 Å². The molecule has 1 aliphatic rings. The summed E-state index contributed by atoms with van der Waals surface area (Å²) in [6, 6.07) is 13.2. The number of likely N-dealkylation sites (tertiary alicyclic amines) is 1. The van der Waals surface area contributed by atoms with Gasteiger partial charge in [-0.15, -0.1) is 0 Å². The largest absolute Gasteiger partial charge is 0.439 e. The molecule has 8 nitrogen and oxygen atoms in total. The minimum atomic E-state index is -0.00513. The molecule has 1 aliphatic heterocycles. The normalized spacial score (nSPS) is 14.1. The molecule has 0 atom stereocenters. The maximum Gasteiger partial charge on any atom is 0.245 e. The van der Waals surface area contributed by atoms with E-state index in [9.17, 15) is 4.79 Å². The van der Waals surface area contributed by atoms with Gasteiger partial charge in [-0.05, 0) is 43.0 Å². The summed E-state index contributed by atoms with van der Waals surface area (Å²) >= 11 is 0. The molecule has 0 bridgehead atoms. The van der Waals surface area contributed by atoms with Gasteiger partial charge in [0.2, 0.25) is 11.8 Å². The number of nitrogens with zero attached hydrogens (tertiary/aromatic N) is 4. The lowest BCUT2D eigenvalue weighted by atomic mass is 9.96. The number of hydrogen-bond donors (Lipinski definition) is 2. The van der Waals surface area contributed by atoms with Crippen molar-refractivity contribution in [2.45, 2.75) is 12.8 Å². The van der Waals surface area contributed by atoms with Gasteiger partial charge in [0.1, 0.15) is 23.7 Å². The van der Waals surface area contributed by atoms with Crippen LogP contribution in [0.4, 0.5) is 11.6 Å². The number of anilines is 2. The second-order valence-corrected chi connectivity index (χ2v) is 7.64. The Morgan fingerprint density at radius 1 is 1.16 bits per heavy atom. The van der Waals surface area contributed by atoms with Gasteiger partial charge in [0, 0.05) is 37.5 Å². The molecule has 0 spiro atoms. The van der Waals surface area contributed by atoms with Crippen molar-refractivity contribution in [3.8, 4) is 22.8 Å². The molecule has 3 aromatic rings. The smallest absolute Gasteiger partial charge is 0.245 e. The molecular formula is C24H26N6O2. The number of nitrogens with two attached hydrogens (primary N) is 1. The highest BCUT2D eigenvalue weighted by molar-refractivity contribution is 5.87. The van der Waals surface area contributed by atoms with Crippen LogP contribution in [0.5, 0.6) is 11.6 Å². The fourth-order valence-electron chi connectivity index (χ4n) is 3.74. The van der Waals surface area contributed by atoms with E-state index in [1.165, 1.54) is 12.4 Å². The lowest BCUT2D eigenvalue weighted by Crippen LogP contribution is -2.39. The van der Waals surface area contributed by atoms with E-state index in [0.29, 0.717) is 29.0 Å². The second kappa shape index (κ2) is 9.91. The molecule has 3 heterocycles. The van der Waals surface area contributed by atoms with E-state index in [4.69, 9.17) is 10.5 Å². The third-order valence-electron chi connectivity index (χ3n) is 5.53. The number of piperidine rings is 1. The van der Waals surface area contributed by atoms with Crippen molar-refractivity contribution in [1.29, 1.82) is 0 Å². The number of nitrogens with one attached hydrogen (secondary N) is 1. The zero-order chi connectivity index (χ0) is 22.3. The van der Waals surface area contributed by atoms with Gasteiger partial charge >= 0.3 is 0 Å². The van der Waals surface area contributed by atoms with Crippen LogP contribution >= 0.6 is 0 Å². The van der Waals surface area contributed by atoms with Crippen LogP contribution < -0.4 is 15.8 Å². The molecule has 8 heteroatoms. The van der Waals surface area contributed by atoms with Crippen LogP contribution in [0.2, 0.25) is 0 Å². The zero-order valence-electron chi connectivity index (χ0n) is 17.8. The maximum absolute atomic E-state index is 11.8. The SMILES string of the molecule is C=CC(=O)N1CCC(CNc2ncnc(N)c2-c2ccc(Oc3ccccc3)nc2)CC1. The molecule has 0 unspecified atom stereocenters. The lowest BCUT2D eigenvalue weighted by molar-refractivity contribution is -0.127. The molecule has 32 heavy (non-hydrogen) atoms. The molecule has 3 N–H and O–H groups in total. The lowest BCUT2D eigenvalue weighted by Gasteiger charge is -2.31. The highest BCUT2D eigenvalue weighted by atomic mass is 16.5. The standard InChI is InChI=1S/C24H26N6O2/c1-2-21(31)30-12-10-17(11-13-30)14-27-24-22(23(25)28-16-29-24)18-8-9-20(26-15-18)32-19-6-4-3-5-7-19/h2-9,15-17H,1,10-14H2,(H3,25,27,28,29). The summed E-state index contributed by atoms with van der Waals surface area (Å²) < 4.78 is 5.77. The quantitative estimate of drug-likeness (QED) is 0.550. The number of rotatable bonds is 7. The van der Waals surface area contributed by atoms with Gasteiger partial charge in [0.15, 0.2) is 0 Å². The third kappa shape index (κ3) is 5.03. The molecular weight excluding hydrogens is 404 g/mol. The first-order valence-electron chi connectivity index (χ1n) is 10.6. The van der Waals surface area contributed by atoms with E-state index >= 15 is 0 Å². The first-order chi connectivity index (χ1) is 15.6. The number of carbonyl (C=O) groups is 1. The summed E-state index contributed by atoms with van der Waals surface area (Å²) in [4.78, 5) is 26.6. The fourth-order valence-corrected chi connectivity index (χ4v) is 3.74. The molecule has 2 aromatic heterocycles. The first-order valence-corrected chi connectivity index (χ1v) is 10.6. The number of amides is 1. The van der Waals surface area contributed by atoms with Crippen molar-refractivity contribution >= 4 is 17.5 Å². The molecule has 0 aliphatic carbocycles. The second-order valence-electron chi connectivity index (χ2n) is 7.64. The minimum absolute atomic E-state index is 0.00513. The number of pyridine rings is 1. The van der Waals surface area contributed by atoms with E-state index in [0.717, 1.165) is 43.8 Å².